The van der Waals surface area contributed by atoms with Gasteiger partial charge in [-0.1, -0.05) is 25.0 Å². The van der Waals surface area contributed by atoms with E-state index in [2.05, 4.69) is 12.2 Å². The van der Waals surface area contributed by atoms with Gasteiger partial charge in [0.05, 0.1) is 6.61 Å². The van der Waals surface area contributed by atoms with Crippen LogP contribution in [0.5, 0.6) is 0 Å². The maximum atomic E-state index is 10.8. The predicted molar refractivity (Wildman–Crippen MR) is 66.7 cm³/mol. The normalized spacial score (nSPS) is 20.3. The smallest absolute Gasteiger partial charge is 0.434 e. The van der Waals surface area contributed by atoms with Gasteiger partial charge in [-0.05, 0) is 25.8 Å². The van der Waals surface area contributed by atoms with Crippen molar-refractivity contribution in [3.8, 4) is 0 Å². The first-order valence-corrected chi connectivity index (χ1v) is 6.51. The van der Waals surface area contributed by atoms with Crippen LogP contribution in [-0.2, 0) is 9.47 Å². The van der Waals surface area contributed by atoms with E-state index < -0.39 is 6.16 Å². The SMILES string of the molecule is NCCCCCC/C=C\CC1CCOC(=O)O1. The molecule has 1 unspecified atom stereocenters. The average Bonchev–Trinajstić information content (AvgIpc) is 2.33. The number of carbonyl (C=O) groups excluding carboxylic acids is 1. The van der Waals surface area contributed by atoms with E-state index in [-0.39, 0.29) is 6.10 Å². The Labute approximate surface area is 103 Å². The van der Waals surface area contributed by atoms with Gasteiger partial charge in [0, 0.05) is 12.8 Å². The molecule has 4 heteroatoms. The van der Waals surface area contributed by atoms with Crippen molar-refractivity contribution in [2.45, 2.75) is 51.0 Å². The lowest BCUT2D eigenvalue weighted by Gasteiger charge is -2.20. The molecule has 4 nitrogen and oxygen atoms in total. The molecule has 0 aromatic rings. The van der Waals surface area contributed by atoms with E-state index in [1.807, 2.05) is 0 Å². The Morgan fingerprint density at radius 3 is 2.82 bits per heavy atom. The molecule has 0 bridgehead atoms. The number of unbranched alkanes of at least 4 members (excludes halogenated alkanes) is 4. The van der Waals surface area contributed by atoms with Gasteiger partial charge in [-0.2, -0.15) is 0 Å². The highest BCUT2D eigenvalue weighted by Crippen LogP contribution is 2.12. The molecular formula is C13H23NO3. The van der Waals surface area contributed by atoms with Gasteiger partial charge in [0.2, 0.25) is 0 Å². The molecule has 0 aromatic carbocycles. The van der Waals surface area contributed by atoms with Crippen LogP contribution < -0.4 is 5.73 Å². The minimum absolute atomic E-state index is 0.00439. The second-order valence-electron chi connectivity index (χ2n) is 4.33. The number of hydrogen-bond acceptors (Lipinski definition) is 4. The highest BCUT2D eigenvalue weighted by molar-refractivity contribution is 5.60. The summed E-state index contributed by atoms with van der Waals surface area (Å²) in [7, 11) is 0. The molecule has 2 N–H and O–H groups in total. The van der Waals surface area contributed by atoms with Crippen LogP contribution in [0.3, 0.4) is 0 Å². The molecule has 0 saturated carbocycles. The van der Waals surface area contributed by atoms with E-state index >= 15 is 0 Å². The fourth-order valence-electron chi connectivity index (χ4n) is 1.79. The van der Waals surface area contributed by atoms with Crippen molar-refractivity contribution in [2.24, 2.45) is 5.73 Å². The maximum Gasteiger partial charge on any atom is 0.508 e. The van der Waals surface area contributed by atoms with E-state index in [4.69, 9.17) is 15.2 Å². The molecule has 1 saturated heterocycles. The summed E-state index contributed by atoms with van der Waals surface area (Å²) >= 11 is 0. The number of ether oxygens (including phenoxy) is 2. The van der Waals surface area contributed by atoms with Crippen LogP contribution in [0.15, 0.2) is 12.2 Å². The van der Waals surface area contributed by atoms with Gasteiger partial charge in [-0.3, -0.25) is 0 Å². The van der Waals surface area contributed by atoms with Gasteiger partial charge in [0.25, 0.3) is 0 Å². The van der Waals surface area contributed by atoms with Gasteiger partial charge in [0.1, 0.15) is 6.10 Å². The first-order valence-electron chi connectivity index (χ1n) is 6.51. The number of cyclic esters (lactones) is 2. The third kappa shape index (κ3) is 7.00. The number of hydrogen-bond donors (Lipinski definition) is 1. The van der Waals surface area contributed by atoms with Crippen LogP contribution in [0.25, 0.3) is 0 Å². The van der Waals surface area contributed by atoms with Crippen molar-refractivity contribution in [2.75, 3.05) is 13.2 Å². The predicted octanol–water partition coefficient (Wildman–Crippen LogP) is 2.77. The minimum atomic E-state index is -0.531. The molecule has 0 spiro atoms. The van der Waals surface area contributed by atoms with E-state index in [0.717, 1.165) is 32.2 Å². The molecule has 1 heterocycles. The monoisotopic (exact) mass is 241 g/mol. The second-order valence-corrected chi connectivity index (χ2v) is 4.33. The van der Waals surface area contributed by atoms with Crippen LogP contribution in [0, 0.1) is 0 Å². The summed E-state index contributed by atoms with van der Waals surface area (Å²) in [5.41, 5.74) is 5.42. The number of allylic oxidation sites excluding steroid dienone is 1. The van der Waals surface area contributed by atoms with Crippen LogP contribution in [0.1, 0.15) is 44.9 Å². The third-order valence-corrected chi connectivity index (χ3v) is 2.81. The summed E-state index contributed by atoms with van der Waals surface area (Å²) in [5.74, 6) is 0. The maximum absolute atomic E-state index is 10.8. The Bertz CT molecular complexity index is 241. The van der Waals surface area contributed by atoms with Crippen LogP contribution in [-0.4, -0.2) is 25.4 Å². The van der Waals surface area contributed by atoms with Crippen LogP contribution >= 0.6 is 0 Å². The Balaban J connectivity index is 1.96. The average molecular weight is 241 g/mol. The van der Waals surface area contributed by atoms with Gasteiger partial charge in [0.15, 0.2) is 0 Å². The quantitative estimate of drug-likeness (QED) is 0.403. The molecule has 0 aliphatic carbocycles. The van der Waals surface area contributed by atoms with E-state index in [1.54, 1.807) is 0 Å². The molecule has 0 amide bonds. The van der Waals surface area contributed by atoms with E-state index in [9.17, 15) is 4.79 Å². The van der Waals surface area contributed by atoms with Crippen LogP contribution in [0.2, 0.25) is 0 Å². The van der Waals surface area contributed by atoms with E-state index in [0.29, 0.717) is 6.61 Å². The van der Waals surface area contributed by atoms with Crippen molar-refractivity contribution >= 4 is 6.16 Å². The van der Waals surface area contributed by atoms with E-state index in [1.165, 1.54) is 19.3 Å². The summed E-state index contributed by atoms with van der Waals surface area (Å²) in [6.07, 6.45) is 11.3. The molecule has 0 aromatic heterocycles. The zero-order valence-corrected chi connectivity index (χ0v) is 10.4. The Morgan fingerprint density at radius 2 is 2.06 bits per heavy atom. The third-order valence-electron chi connectivity index (χ3n) is 2.81. The first-order chi connectivity index (χ1) is 8.33. The van der Waals surface area contributed by atoms with Gasteiger partial charge < -0.3 is 15.2 Å². The Hall–Kier alpha value is -1.03. The molecule has 0 radical (unpaired) electrons. The van der Waals surface area contributed by atoms with Gasteiger partial charge in [-0.25, -0.2) is 4.79 Å². The van der Waals surface area contributed by atoms with Crippen molar-refractivity contribution in [3.63, 3.8) is 0 Å². The van der Waals surface area contributed by atoms with Crippen LogP contribution in [0.4, 0.5) is 4.79 Å². The van der Waals surface area contributed by atoms with Crippen molar-refractivity contribution in [3.05, 3.63) is 12.2 Å². The summed E-state index contributed by atoms with van der Waals surface area (Å²) in [4.78, 5) is 10.8. The summed E-state index contributed by atoms with van der Waals surface area (Å²) in [5, 5.41) is 0. The highest BCUT2D eigenvalue weighted by atomic mass is 16.7. The standard InChI is InChI=1S/C13H23NO3/c14-10-7-5-3-1-2-4-6-8-12-9-11-16-13(15)17-12/h4,6,12H,1-3,5,7-11,14H2/b6-4-. The lowest BCUT2D eigenvalue weighted by atomic mass is 10.1. The topological polar surface area (TPSA) is 61.5 Å². The fourth-order valence-corrected chi connectivity index (χ4v) is 1.79. The molecule has 1 fully saturated rings. The van der Waals surface area contributed by atoms with Crippen molar-refractivity contribution < 1.29 is 14.3 Å². The Kier molecular flexibility index (Phi) is 7.47. The molecule has 98 valence electrons. The largest absolute Gasteiger partial charge is 0.508 e. The highest BCUT2D eigenvalue weighted by Gasteiger charge is 2.19. The summed E-state index contributed by atoms with van der Waals surface area (Å²) in [6.45, 7) is 1.28. The molecule has 1 aliphatic heterocycles. The fraction of sp³-hybridized carbons (Fsp3) is 0.769. The van der Waals surface area contributed by atoms with Crippen molar-refractivity contribution in [1.82, 2.24) is 0 Å². The molecular weight excluding hydrogens is 218 g/mol. The number of rotatable bonds is 8. The number of carbonyl (C=O) groups is 1. The molecule has 1 rings (SSSR count). The first kappa shape index (κ1) is 14.0. The summed E-state index contributed by atoms with van der Waals surface area (Å²) < 4.78 is 9.71. The van der Waals surface area contributed by atoms with Crippen molar-refractivity contribution in [1.29, 1.82) is 0 Å². The lowest BCUT2D eigenvalue weighted by Crippen LogP contribution is -2.26. The second kappa shape index (κ2) is 9.05. The minimum Gasteiger partial charge on any atom is -0.434 e. The zero-order valence-electron chi connectivity index (χ0n) is 10.4. The molecule has 1 atom stereocenters. The van der Waals surface area contributed by atoms with Gasteiger partial charge >= 0.3 is 6.16 Å². The Morgan fingerprint density at radius 1 is 1.24 bits per heavy atom. The lowest BCUT2D eigenvalue weighted by molar-refractivity contribution is -0.0210. The van der Waals surface area contributed by atoms with Gasteiger partial charge in [-0.15, -0.1) is 0 Å². The number of nitrogens with two attached hydrogens (primary N) is 1. The zero-order chi connectivity index (χ0) is 12.3. The molecule has 1 aliphatic rings. The summed E-state index contributed by atoms with van der Waals surface area (Å²) in [6, 6.07) is 0. The molecule has 17 heavy (non-hydrogen) atoms.